The Morgan fingerprint density at radius 2 is 1.51 bits per heavy atom. The Bertz CT molecular complexity index is 2910. The quantitative estimate of drug-likeness (QED) is 0.160. The van der Waals surface area contributed by atoms with Crippen LogP contribution in [0.4, 0.5) is 5.69 Å². The number of carbonyl (C=O) groups is 1. The van der Waals surface area contributed by atoms with Gasteiger partial charge in [-0.1, -0.05) is 142 Å². The Morgan fingerprint density at radius 3 is 2.37 bits per heavy atom. The smallest absolute Gasteiger partial charge is 0.167 e. The van der Waals surface area contributed by atoms with Crippen LogP contribution in [0.3, 0.4) is 0 Å². The molecule has 1 unspecified atom stereocenters. The number of H-pyrrole nitrogens is 1. The van der Waals surface area contributed by atoms with E-state index in [-0.39, 0.29) is 11.2 Å². The standard InChI is InChI=1S/C54H44N2O/c1-34-11-9-14-40-31-52(57)46-33-51-45(32-47(46)53(34)40)44-30-39(23-27-50(44)56-51)38-21-24-41(25-22-38)55-28-10-15-37(36-12-5-4-6-13-36)20-18-35-19-26-43-42-16-7-8-17-48(42)54(2,3)49(43)29-35/h4-10,12-30,32-34,55-56H,11,31H2,1-3H3/b20-18-,28-10+,37-15+. The molecule has 0 saturated carbocycles. The molecule has 3 aliphatic carbocycles. The number of rotatable bonds is 7. The molecule has 1 aromatic heterocycles. The Morgan fingerprint density at radius 1 is 0.737 bits per heavy atom. The van der Waals surface area contributed by atoms with Gasteiger partial charge in [0.25, 0.3) is 0 Å². The van der Waals surface area contributed by atoms with Gasteiger partial charge in [0.15, 0.2) is 5.78 Å². The Balaban J connectivity index is 0.881. The molecular formula is C54H44N2O. The predicted octanol–water partition coefficient (Wildman–Crippen LogP) is 14.0. The average Bonchev–Trinajstić information content (AvgIpc) is 3.70. The lowest BCUT2D eigenvalue weighted by Crippen LogP contribution is -2.17. The zero-order valence-electron chi connectivity index (χ0n) is 32.6. The minimum absolute atomic E-state index is 0.0244. The fourth-order valence-corrected chi connectivity index (χ4v) is 9.32. The lowest BCUT2D eigenvalue weighted by molar-refractivity contribution is 0.0991. The van der Waals surface area contributed by atoms with Gasteiger partial charge in [-0.15, -0.1) is 0 Å². The zero-order valence-corrected chi connectivity index (χ0v) is 32.6. The molecule has 276 valence electrons. The second-order valence-electron chi connectivity index (χ2n) is 16.3. The maximum absolute atomic E-state index is 13.2. The van der Waals surface area contributed by atoms with Crippen LogP contribution in [0.5, 0.6) is 0 Å². The lowest BCUT2D eigenvalue weighted by atomic mass is 9.75. The molecular weight excluding hydrogens is 693 g/mol. The summed E-state index contributed by atoms with van der Waals surface area (Å²) in [5.41, 5.74) is 18.8. The SMILES string of the molecule is CC1CC=CC2=C1c1cc3c(cc1C(=O)C2)[nH]c1ccc(-c2ccc(N/C=C/C=C(\C=C/c4ccc5c(c4)C(C)(C)c4ccccc4-5)c4ccccc4)cc2)cc13. The number of hydrogen-bond acceptors (Lipinski definition) is 2. The fourth-order valence-electron chi connectivity index (χ4n) is 9.32. The van der Waals surface area contributed by atoms with Crippen LogP contribution in [0.1, 0.15) is 71.8 Å². The van der Waals surface area contributed by atoms with Crippen molar-refractivity contribution in [1.29, 1.82) is 0 Å². The summed E-state index contributed by atoms with van der Waals surface area (Å²) in [6, 6.07) is 45.7. The third kappa shape index (κ3) is 6.11. The highest BCUT2D eigenvalue weighted by molar-refractivity contribution is 6.15. The van der Waals surface area contributed by atoms with E-state index in [1.165, 1.54) is 49.9 Å². The van der Waals surface area contributed by atoms with Gasteiger partial charge in [0, 0.05) is 51.1 Å². The molecule has 3 nitrogen and oxygen atoms in total. The number of ketones is 1. The number of hydrogen-bond donors (Lipinski definition) is 2. The summed E-state index contributed by atoms with van der Waals surface area (Å²) in [6.45, 7) is 6.93. The summed E-state index contributed by atoms with van der Waals surface area (Å²) < 4.78 is 0. The first kappa shape index (κ1) is 34.8. The summed E-state index contributed by atoms with van der Waals surface area (Å²) in [6.07, 6.45) is 16.5. The van der Waals surface area contributed by atoms with E-state index in [0.717, 1.165) is 56.4 Å². The van der Waals surface area contributed by atoms with Gasteiger partial charge >= 0.3 is 0 Å². The maximum Gasteiger partial charge on any atom is 0.167 e. The van der Waals surface area contributed by atoms with Crippen molar-refractivity contribution in [3.8, 4) is 22.3 Å². The third-order valence-corrected chi connectivity index (χ3v) is 12.3. The van der Waals surface area contributed by atoms with Crippen LogP contribution in [0.25, 0.3) is 61.3 Å². The zero-order chi connectivity index (χ0) is 38.7. The first-order valence-corrected chi connectivity index (χ1v) is 20.1. The van der Waals surface area contributed by atoms with Crippen LogP contribution in [0.15, 0.2) is 170 Å². The number of fused-ring (bicyclic) bond motifs is 8. The summed E-state index contributed by atoms with van der Waals surface area (Å²) in [5.74, 6) is 0.613. The van der Waals surface area contributed by atoms with Crippen molar-refractivity contribution in [2.75, 3.05) is 5.32 Å². The van der Waals surface area contributed by atoms with E-state index in [4.69, 9.17) is 0 Å². The molecule has 0 radical (unpaired) electrons. The van der Waals surface area contributed by atoms with Gasteiger partial charge in [0.05, 0.1) is 0 Å². The molecule has 6 aromatic carbocycles. The number of benzene rings is 6. The van der Waals surface area contributed by atoms with Crippen LogP contribution in [-0.4, -0.2) is 10.8 Å². The maximum atomic E-state index is 13.2. The van der Waals surface area contributed by atoms with E-state index >= 15 is 0 Å². The molecule has 0 fully saturated rings. The van der Waals surface area contributed by atoms with Gasteiger partial charge in [-0.25, -0.2) is 0 Å². The minimum atomic E-state index is -0.0244. The third-order valence-electron chi connectivity index (χ3n) is 12.3. The molecule has 1 atom stereocenters. The monoisotopic (exact) mass is 736 g/mol. The average molecular weight is 737 g/mol. The number of Topliss-reactive ketones (excluding diaryl/α,β-unsaturated/α-hetero) is 1. The summed E-state index contributed by atoms with van der Waals surface area (Å²) in [4.78, 5) is 16.8. The highest BCUT2D eigenvalue weighted by Crippen LogP contribution is 2.49. The number of anilines is 1. The van der Waals surface area contributed by atoms with Crippen LogP contribution in [0, 0.1) is 5.92 Å². The topological polar surface area (TPSA) is 44.9 Å². The molecule has 57 heavy (non-hydrogen) atoms. The highest BCUT2D eigenvalue weighted by Gasteiger charge is 2.35. The highest BCUT2D eigenvalue weighted by atomic mass is 16.1. The molecule has 7 aromatic rings. The summed E-state index contributed by atoms with van der Waals surface area (Å²) in [5, 5.41) is 5.81. The molecule has 0 saturated heterocycles. The largest absolute Gasteiger partial charge is 0.362 e. The Labute approximate surface area is 334 Å². The molecule has 0 spiro atoms. The van der Waals surface area contributed by atoms with Crippen molar-refractivity contribution < 1.29 is 4.79 Å². The van der Waals surface area contributed by atoms with Gasteiger partial charge in [-0.2, -0.15) is 0 Å². The van der Waals surface area contributed by atoms with Crippen molar-refractivity contribution >= 4 is 50.5 Å². The molecule has 1 heterocycles. The molecule has 0 aliphatic heterocycles. The fraction of sp³-hybridized carbons (Fsp3) is 0.130. The number of nitrogens with one attached hydrogen (secondary N) is 2. The molecule has 3 aliphatic rings. The first-order valence-electron chi connectivity index (χ1n) is 20.1. The number of carbonyl (C=O) groups excluding carboxylic acids is 1. The number of aromatic amines is 1. The van der Waals surface area contributed by atoms with Crippen molar-refractivity contribution in [3.05, 3.63) is 203 Å². The van der Waals surface area contributed by atoms with Gasteiger partial charge in [0.2, 0.25) is 0 Å². The predicted molar refractivity (Wildman–Crippen MR) is 240 cm³/mol. The van der Waals surface area contributed by atoms with E-state index in [9.17, 15) is 4.79 Å². The summed E-state index contributed by atoms with van der Waals surface area (Å²) in [7, 11) is 0. The first-order chi connectivity index (χ1) is 27.8. The van der Waals surface area contributed by atoms with Crippen molar-refractivity contribution in [1.82, 2.24) is 4.98 Å². The van der Waals surface area contributed by atoms with E-state index in [2.05, 4.69) is 195 Å². The molecule has 2 N–H and O–H groups in total. The van der Waals surface area contributed by atoms with Crippen molar-refractivity contribution in [3.63, 3.8) is 0 Å². The van der Waals surface area contributed by atoms with E-state index < -0.39 is 0 Å². The van der Waals surface area contributed by atoms with Gasteiger partial charge in [0.1, 0.15) is 0 Å². The van der Waals surface area contributed by atoms with Gasteiger partial charge in [-0.3, -0.25) is 4.79 Å². The second kappa shape index (κ2) is 13.8. The second-order valence-corrected chi connectivity index (χ2v) is 16.3. The van der Waals surface area contributed by atoms with Crippen LogP contribution in [-0.2, 0) is 5.41 Å². The molecule has 3 heteroatoms. The number of allylic oxidation sites excluding steroid dienone is 8. The van der Waals surface area contributed by atoms with Crippen molar-refractivity contribution in [2.24, 2.45) is 5.92 Å². The molecule has 10 rings (SSSR count). The normalized spacial score (nSPS) is 17.1. The van der Waals surface area contributed by atoms with Crippen molar-refractivity contribution in [2.45, 2.75) is 39.0 Å². The van der Waals surface area contributed by atoms with Crippen LogP contribution in [0.2, 0.25) is 0 Å². The Hall–Kier alpha value is -6.71. The number of aromatic nitrogens is 1. The Kier molecular flexibility index (Phi) is 8.41. The van der Waals surface area contributed by atoms with Crippen LogP contribution >= 0.6 is 0 Å². The minimum Gasteiger partial charge on any atom is -0.362 e. The van der Waals surface area contributed by atoms with E-state index in [1.54, 1.807) is 0 Å². The lowest BCUT2D eigenvalue weighted by Gasteiger charge is -2.28. The van der Waals surface area contributed by atoms with E-state index in [1.807, 2.05) is 6.20 Å². The van der Waals surface area contributed by atoms with Crippen LogP contribution < -0.4 is 5.32 Å². The molecule has 0 amide bonds. The van der Waals surface area contributed by atoms with Gasteiger partial charge in [-0.05, 0) is 122 Å². The van der Waals surface area contributed by atoms with Gasteiger partial charge < -0.3 is 10.3 Å². The van der Waals surface area contributed by atoms with E-state index in [0.29, 0.717) is 12.3 Å². The molecule has 0 bridgehead atoms. The summed E-state index contributed by atoms with van der Waals surface area (Å²) >= 11 is 0.